The summed E-state index contributed by atoms with van der Waals surface area (Å²) in [5, 5.41) is 4.86. The average molecular weight is 490 g/mol. The van der Waals surface area contributed by atoms with Crippen LogP contribution in [0.1, 0.15) is 12.5 Å². The highest BCUT2D eigenvalue weighted by molar-refractivity contribution is 9.10. The van der Waals surface area contributed by atoms with E-state index in [9.17, 15) is 0 Å². The van der Waals surface area contributed by atoms with Gasteiger partial charge >= 0.3 is 0 Å². The predicted molar refractivity (Wildman–Crippen MR) is 142 cm³/mol. The van der Waals surface area contributed by atoms with Crippen LogP contribution in [0.4, 0.5) is 0 Å². The number of benzene rings is 4. The van der Waals surface area contributed by atoms with Gasteiger partial charge in [-0.3, -0.25) is 0 Å². The minimum absolute atomic E-state index is 0.342. The average Bonchev–Trinajstić information content (AvgIpc) is 3.40. The van der Waals surface area contributed by atoms with Crippen molar-refractivity contribution in [2.45, 2.75) is 12.5 Å². The van der Waals surface area contributed by atoms with Crippen LogP contribution < -0.4 is 0 Å². The lowest BCUT2D eigenvalue weighted by atomic mass is 10.0. The normalized spacial score (nSPS) is 16.0. The summed E-state index contributed by atoms with van der Waals surface area (Å²) in [6, 6.07) is 28.6. The van der Waals surface area contributed by atoms with Gasteiger partial charge in [-0.15, -0.1) is 0 Å². The van der Waals surface area contributed by atoms with Gasteiger partial charge in [-0.25, -0.2) is 0 Å². The van der Waals surface area contributed by atoms with Gasteiger partial charge in [-0.2, -0.15) is 0 Å². The van der Waals surface area contributed by atoms with Crippen LogP contribution in [0.3, 0.4) is 0 Å². The molecule has 0 aliphatic heterocycles. The van der Waals surface area contributed by atoms with Gasteiger partial charge in [-0.05, 0) is 60.0 Å². The lowest BCUT2D eigenvalue weighted by molar-refractivity contribution is 0.648. The minimum atomic E-state index is 0.342. The van der Waals surface area contributed by atoms with E-state index in [4.69, 9.17) is 4.42 Å². The van der Waals surface area contributed by atoms with Gasteiger partial charge < -0.3 is 8.98 Å². The van der Waals surface area contributed by atoms with Gasteiger partial charge in [0.2, 0.25) is 0 Å². The van der Waals surface area contributed by atoms with E-state index < -0.39 is 0 Å². The van der Waals surface area contributed by atoms with Crippen LogP contribution in [0, 0.1) is 0 Å². The Balaban J connectivity index is 1.46. The monoisotopic (exact) mass is 489 g/mol. The quantitative estimate of drug-likeness (QED) is 0.237. The molecule has 0 spiro atoms. The zero-order valence-electron chi connectivity index (χ0n) is 17.8. The highest BCUT2D eigenvalue weighted by Crippen LogP contribution is 2.39. The van der Waals surface area contributed by atoms with Crippen molar-refractivity contribution in [3.63, 3.8) is 0 Å². The second kappa shape index (κ2) is 7.23. The van der Waals surface area contributed by atoms with Crippen LogP contribution in [0.15, 0.2) is 112 Å². The van der Waals surface area contributed by atoms with Crippen molar-refractivity contribution in [3.05, 3.63) is 108 Å². The third-order valence-corrected chi connectivity index (χ3v) is 7.44. The van der Waals surface area contributed by atoms with Crippen LogP contribution >= 0.6 is 15.9 Å². The largest absolute Gasteiger partial charge is 0.456 e. The third kappa shape index (κ3) is 2.86. The van der Waals surface area contributed by atoms with Crippen LogP contribution in [0.2, 0.25) is 0 Å². The van der Waals surface area contributed by atoms with E-state index >= 15 is 0 Å². The second-order valence-electron chi connectivity index (χ2n) is 8.66. The maximum atomic E-state index is 6.08. The maximum absolute atomic E-state index is 6.08. The number of hydrogen-bond acceptors (Lipinski definition) is 1. The molecule has 1 unspecified atom stereocenters. The van der Waals surface area contributed by atoms with Crippen molar-refractivity contribution >= 4 is 59.7 Å². The number of fused-ring (bicyclic) bond motifs is 6. The fourth-order valence-electron chi connectivity index (χ4n) is 5.26. The number of para-hydroxylation sites is 1. The number of halogens is 1. The fourth-order valence-corrected chi connectivity index (χ4v) is 5.82. The zero-order valence-corrected chi connectivity index (χ0v) is 19.4. The molecule has 0 saturated carbocycles. The van der Waals surface area contributed by atoms with Gasteiger partial charge in [0.15, 0.2) is 0 Å². The van der Waals surface area contributed by atoms with Gasteiger partial charge in [0.25, 0.3) is 0 Å². The molecule has 0 amide bonds. The van der Waals surface area contributed by atoms with Crippen LogP contribution in [0.25, 0.3) is 54.9 Å². The van der Waals surface area contributed by atoms with Crippen molar-refractivity contribution in [1.82, 2.24) is 4.57 Å². The Kier molecular flexibility index (Phi) is 4.15. The SMILES string of the molecule is Brc1cccc2oc3ccc(-c4ccc5c(c4)c4ccccc4n5C4C=CC=CC4)cc3c12. The molecule has 3 heteroatoms. The summed E-state index contributed by atoms with van der Waals surface area (Å²) in [6.45, 7) is 0. The first-order chi connectivity index (χ1) is 16.3. The fraction of sp³-hybridized carbons (Fsp3) is 0.0667. The summed E-state index contributed by atoms with van der Waals surface area (Å²) in [4.78, 5) is 0. The first-order valence-electron chi connectivity index (χ1n) is 11.2. The van der Waals surface area contributed by atoms with Crippen molar-refractivity contribution in [1.29, 1.82) is 0 Å². The highest BCUT2D eigenvalue weighted by Gasteiger charge is 2.17. The first-order valence-corrected chi connectivity index (χ1v) is 12.0. The number of rotatable bonds is 2. The van der Waals surface area contributed by atoms with Crippen LogP contribution in [0.5, 0.6) is 0 Å². The van der Waals surface area contributed by atoms with Gasteiger partial charge in [0, 0.05) is 37.1 Å². The second-order valence-corrected chi connectivity index (χ2v) is 9.52. The van der Waals surface area contributed by atoms with E-state index in [-0.39, 0.29) is 0 Å². The van der Waals surface area contributed by atoms with E-state index in [0.29, 0.717) is 6.04 Å². The molecule has 1 atom stereocenters. The Labute approximate surface area is 199 Å². The molecule has 158 valence electrons. The molecule has 2 aromatic heterocycles. The molecular formula is C30H20BrNO. The van der Waals surface area contributed by atoms with Gasteiger partial charge in [0.1, 0.15) is 11.2 Å². The molecule has 1 aliphatic carbocycles. The summed E-state index contributed by atoms with van der Waals surface area (Å²) in [7, 11) is 0. The van der Waals surface area contributed by atoms with Crippen molar-refractivity contribution in [2.24, 2.45) is 0 Å². The molecule has 0 saturated heterocycles. The molecule has 2 heterocycles. The number of aromatic nitrogens is 1. The molecule has 6 aromatic rings. The first kappa shape index (κ1) is 19.0. The standard InChI is InChI=1S/C30H20BrNO/c31-25-10-6-12-29-30(25)24-18-20(14-16-28(24)33-29)19-13-15-27-23(17-19)22-9-4-5-11-26(22)32(27)21-7-2-1-3-8-21/h1-7,9-18,21H,8H2. The summed E-state index contributed by atoms with van der Waals surface area (Å²) >= 11 is 3.71. The topological polar surface area (TPSA) is 18.1 Å². The van der Waals surface area contributed by atoms with E-state index in [1.165, 1.54) is 32.9 Å². The molecule has 0 fully saturated rings. The summed E-state index contributed by atoms with van der Waals surface area (Å²) in [5.41, 5.74) is 6.80. The van der Waals surface area contributed by atoms with E-state index in [1.807, 2.05) is 12.1 Å². The third-order valence-electron chi connectivity index (χ3n) is 6.78. The smallest absolute Gasteiger partial charge is 0.136 e. The van der Waals surface area contributed by atoms with E-state index in [2.05, 4.69) is 112 Å². The highest BCUT2D eigenvalue weighted by atomic mass is 79.9. The van der Waals surface area contributed by atoms with Crippen molar-refractivity contribution in [2.75, 3.05) is 0 Å². The summed E-state index contributed by atoms with van der Waals surface area (Å²) in [6.07, 6.45) is 9.87. The Morgan fingerprint density at radius 3 is 2.42 bits per heavy atom. The molecule has 7 rings (SSSR count). The number of allylic oxidation sites excluding steroid dienone is 4. The Bertz CT molecular complexity index is 1770. The van der Waals surface area contributed by atoms with Crippen molar-refractivity contribution < 1.29 is 4.42 Å². The zero-order chi connectivity index (χ0) is 21.9. The molecule has 33 heavy (non-hydrogen) atoms. The summed E-state index contributed by atoms with van der Waals surface area (Å²) in [5.74, 6) is 0. The summed E-state index contributed by atoms with van der Waals surface area (Å²) < 4.78 is 9.62. The Morgan fingerprint density at radius 2 is 1.55 bits per heavy atom. The number of hydrogen-bond donors (Lipinski definition) is 0. The predicted octanol–water partition coefficient (Wildman–Crippen LogP) is 9.18. The van der Waals surface area contributed by atoms with E-state index in [0.717, 1.165) is 32.8 Å². The van der Waals surface area contributed by atoms with Gasteiger partial charge in [0.05, 0.1) is 6.04 Å². The Morgan fingerprint density at radius 1 is 0.727 bits per heavy atom. The molecule has 0 radical (unpaired) electrons. The Hall–Kier alpha value is -3.56. The lowest BCUT2D eigenvalue weighted by Crippen LogP contribution is -2.06. The number of furan rings is 1. The minimum Gasteiger partial charge on any atom is -0.456 e. The maximum Gasteiger partial charge on any atom is 0.136 e. The molecule has 0 N–H and O–H groups in total. The molecule has 1 aliphatic rings. The molecule has 2 nitrogen and oxygen atoms in total. The van der Waals surface area contributed by atoms with E-state index in [1.54, 1.807) is 0 Å². The molecule has 0 bridgehead atoms. The van der Waals surface area contributed by atoms with Crippen molar-refractivity contribution in [3.8, 4) is 11.1 Å². The van der Waals surface area contributed by atoms with Crippen LogP contribution in [-0.2, 0) is 0 Å². The molecule has 4 aromatic carbocycles. The number of nitrogens with zero attached hydrogens (tertiary/aromatic N) is 1. The van der Waals surface area contributed by atoms with Gasteiger partial charge in [-0.1, -0.05) is 76.6 Å². The lowest BCUT2D eigenvalue weighted by Gasteiger charge is -2.18. The van der Waals surface area contributed by atoms with Crippen LogP contribution in [-0.4, -0.2) is 4.57 Å². The molecular weight excluding hydrogens is 470 g/mol.